The first kappa shape index (κ1) is 32.4. The number of esters is 2. The van der Waals surface area contributed by atoms with Gasteiger partial charge in [-0.15, -0.1) is 0 Å². The molecule has 2 rings (SSSR count). The van der Waals surface area contributed by atoms with Gasteiger partial charge in [-0.2, -0.15) is 0 Å². The summed E-state index contributed by atoms with van der Waals surface area (Å²) in [6.45, 7) is -0.279. The number of carbonyl (C=O) groups is 4. The third-order valence-corrected chi connectivity index (χ3v) is 8.65. The Bertz CT molecular complexity index is 668. The van der Waals surface area contributed by atoms with Gasteiger partial charge in [-0.25, -0.2) is 0 Å². The standard InChI is InChI=1S/2C7H11O6P.2Na/c2*8-6(9)1-2-14(11,12)5-3-7(10)13-4-5;;/h2*5H,1-4H2,(H,8,9)(H,11,12);;/q;;2*+1/p-2. The normalized spacial score (nSPS) is 23.8. The van der Waals surface area contributed by atoms with Crippen LogP contribution < -0.4 is 68.9 Å². The molecule has 0 spiro atoms. The van der Waals surface area contributed by atoms with Crippen LogP contribution >= 0.6 is 14.7 Å². The number of hydrogen-bond donors (Lipinski definition) is 2. The smallest absolute Gasteiger partial charge is 0.799 e. The molecule has 0 aromatic carbocycles. The van der Waals surface area contributed by atoms with Gasteiger partial charge in [0.15, 0.2) is 0 Å². The number of aliphatic carboxylic acids is 2. The van der Waals surface area contributed by atoms with E-state index >= 15 is 0 Å². The minimum absolute atomic E-state index is 0. The molecule has 16 heteroatoms. The van der Waals surface area contributed by atoms with Crippen molar-refractivity contribution in [1.29, 1.82) is 0 Å². The van der Waals surface area contributed by atoms with Crippen molar-refractivity contribution >= 4 is 38.6 Å². The van der Waals surface area contributed by atoms with Gasteiger partial charge < -0.3 is 38.6 Å². The van der Waals surface area contributed by atoms with E-state index in [0.29, 0.717) is 0 Å². The van der Waals surface area contributed by atoms with Gasteiger partial charge in [-0.3, -0.25) is 19.2 Å². The van der Waals surface area contributed by atoms with E-state index in [1.807, 2.05) is 0 Å². The Labute approximate surface area is 216 Å². The SMILES string of the molecule is O=C(O)CCP(=O)([O-])C1COC(=O)C1.O=C(O)CCP(=O)([O-])C1COC(=O)C1.[Na+].[Na+]. The minimum atomic E-state index is -3.81. The second-order valence-electron chi connectivity index (χ2n) is 6.27. The predicted molar refractivity (Wildman–Crippen MR) is 88.2 cm³/mol. The monoisotopic (exact) mass is 488 g/mol. The van der Waals surface area contributed by atoms with Crippen molar-refractivity contribution in [3.63, 3.8) is 0 Å². The molecule has 2 heterocycles. The van der Waals surface area contributed by atoms with Crippen molar-refractivity contribution in [1.82, 2.24) is 0 Å². The van der Waals surface area contributed by atoms with Crippen LogP contribution in [0.25, 0.3) is 0 Å². The summed E-state index contributed by atoms with van der Waals surface area (Å²) in [5.74, 6) is -3.40. The van der Waals surface area contributed by atoms with Crippen molar-refractivity contribution in [2.24, 2.45) is 0 Å². The summed E-state index contributed by atoms with van der Waals surface area (Å²) >= 11 is 0. The van der Waals surface area contributed by atoms with Gasteiger partial charge in [0.25, 0.3) is 0 Å². The second-order valence-corrected chi connectivity index (χ2v) is 11.5. The van der Waals surface area contributed by atoms with Crippen molar-refractivity contribution in [3.8, 4) is 0 Å². The number of rotatable bonds is 8. The summed E-state index contributed by atoms with van der Waals surface area (Å²) < 4.78 is 31.8. The Morgan fingerprint density at radius 1 is 0.833 bits per heavy atom. The summed E-state index contributed by atoms with van der Waals surface area (Å²) in [5.41, 5.74) is -1.68. The average molecular weight is 488 g/mol. The third-order valence-electron chi connectivity index (χ3n) is 4.07. The average Bonchev–Trinajstić information content (AvgIpc) is 3.21. The van der Waals surface area contributed by atoms with Gasteiger partial charge in [0, 0.05) is 26.1 Å². The molecule has 0 aromatic heterocycles. The molecular formula is C14H20Na2O12P2. The van der Waals surface area contributed by atoms with E-state index in [1.54, 1.807) is 0 Å². The minimum Gasteiger partial charge on any atom is -0.799 e. The van der Waals surface area contributed by atoms with E-state index in [0.717, 1.165) is 0 Å². The molecule has 4 unspecified atom stereocenters. The molecule has 2 saturated heterocycles. The van der Waals surface area contributed by atoms with Crippen LogP contribution in [-0.2, 0) is 37.8 Å². The maximum atomic E-state index is 11.4. The van der Waals surface area contributed by atoms with Crippen molar-refractivity contribution in [3.05, 3.63) is 0 Å². The zero-order valence-electron chi connectivity index (χ0n) is 16.7. The van der Waals surface area contributed by atoms with E-state index in [9.17, 15) is 38.1 Å². The molecule has 0 aromatic rings. The molecule has 0 amide bonds. The van der Waals surface area contributed by atoms with Crippen molar-refractivity contribution in [2.75, 3.05) is 25.5 Å². The van der Waals surface area contributed by atoms with E-state index < -0.39 is 75.1 Å². The van der Waals surface area contributed by atoms with Crippen LogP contribution in [-0.4, -0.2) is 70.9 Å². The fourth-order valence-corrected chi connectivity index (χ4v) is 5.57. The summed E-state index contributed by atoms with van der Waals surface area (Å²) in [5, 5.41) is 16.6. The van der Waals surface area contributed by atoms with E-state index in [-0.39, 0.29) is 85.2 Å². The Kier molecular flexibility index (Phi) is 15.6. The van der Waals surface area contributed by atoms with E-state index in [4.69, 9.17) is 10.2 Å². The van der Waals surface area contributed by atoms with Gasteiger partial charge in [-0.1, -0.05) is 0 Å². The number of hydrogen-bond acceptors (Lipinski definition) is 10. The first-order chi connectivity index (χ1) is 12.8. The van der Waals surface area contributed by atoms with Gasteiger partial charge in [-0.05, 0) is 12.3 Å². The maximum absolute atomic E-state index is 11.4. The van der Waals surface area contributed by atoms with E-state index in [2.05, 4.69) is 9.47 Å². The van der Waals surface area contributed by atoms with Gasteiger partial charge >= 0.3 is 83.0 Å². The van der Waals surface area contributed by atoms with Crippen LogP contribution in [0.4, 0.5) is 0 Å². The van der Waals surface area contributed by atoms with Crippen LogP contribution in [0.15, 0.2) is 0 Å². The zero-order valence-corrected chi connectivity index (χ0v) is 22.5. The Morgan fingerprint density at radius 2 is 1.13 bits per heavy atom. The molecule has 2 aliphatic heterocycles. The second kappa shape index (κ2) is 14.4. The van der Waals surface area contributed by atoms with Gasteiger partial charge in [0.1, 0.15) is 13.2 Å². The fraction of sp³-hybridized carbons (Fsp3) is 0.714. The summed E-state index contributed by atoms with van der Waals surface area (Å²) in [6, 6.07) is 0. The third kappa shape index (κ3) is 11.8. The van der Waals surface area contributed by atoms with Crippen LogP contribution in [0.5, 0.6) is 0 Å². The number of cyclic esters (lactones) is 2. The molecular weight excluding hydrogens is 468 g/mol. The molecule has 12 nitrogen and oxygen atoms in total. The molecule has 0 saturated carbocycles. The zero-order chi connectivity index (χ0) is 21.5. The summed E-state index contributed by atoms with van der Waals surface area (Å²) in [7, 11) is -7.62. The van der Waals surface area contributed by atoms with Crippen molar-refractivity contribution < 1.29 is 117 Å². The fourth-order valence-electron chi connectivity index (χ4n) is 2.37. The summed E-state index contributed by atoms with van der Waals surface area (Å²) in [6.07, 6.45) is -1.98. The first-order valence-corrected chi connectivity index (χ1v) is 11.9. The first-order valence-electron chi connectivity index (χ1n) is 8.18. The number of carboxylic acid groups (broad SMARTS) is 2. The van der Waals surface area contributed by atoms with Gasteiger partial charge in [0.05, 0.1) is 25.7 Å². The van der Waals surface area contributed by atoms with Crippen LogP contribution in [0, 0.1) is 0 Å². The summed E-state index contributed by atoms with van der Waals surface area (Å²) in [4.78, 5) is 64.4. The molecule has 4 atom stereocenters. The molecule has 160 valence electrons. The molecule has 0 aliphatic carbocycles. The molecule has 0 bridgehead atoms. The van der Waals surface area contributed by atoms with Crippen LogP contribution in [0.2, 0.25) is 0 Å². The maximum Gasteiger partial charge on any atom is 1.00 e. The molecule has 0 radical (unpaired) electrons. The number of ether oxygens (including phenoxy) is 2. The Hall–Kier alpha value is 0.260. The molecule has 2 aliphatic rings. The Balaban J connectivity index is 0. The largest absolute Gasteiger partial charge is 1.00 e. The number of carbonyl (C=O) groups excluding carboxylic acids is 2. The quantitative estimate of drug-likeness (QED) is 0.186. The predicted octanol–water partition coefficient (Wildman–Crippen LogP) is -7.16. The van der Waals surface area contributed by atoms with Crippen LogP contribution in [0.1, 0.15) is 25.7 Å². The van der Waals surface area contributed by atoms with E-state index in [1.165, 1.54) is 0 Å². The Morgan fingerprint density at radius 3 is 1.33 bits per heavy atom. The molecule has 2 N–H and O–H groups in total. The van der Waals surface area contributed by atoms with Crippen LogP contribution in [0.3, 0.4) is 0 Å². The molecule has 2 fully saturated rings. The van der Waals surface area contributed by atoms with Gasteiger partial charge in [0.2, 0.25) is 0 Å². The topological polar surface area (TPSA) is 207 Å². The number of carboxylic acids is 2. The molecule has 30 heavy (non-hydrogen) atoms. The van der Waals surface area contributed by atoms with Crippen molar-refractivity contribution in [2.45, 2.75) is 37.0 Å².